The molecule has 6 atom stereocenters. The molecular formula is C22H28F2N3O10P. The Bertz CT molecular complexity index is 1290. The molecule has 210 valence electrons. The van der Waals surface area contributed by atoms with Crippen LogP contribution < -0.4 is 20.9 Å². The van der Waals surface area contributed by atoms with E-state index in [4.69, 9.17) is 18.5 Å². The van der Waals surface area contributed by atoms with Crippen molar-refractivity contribution >= 4 is 13.7 Å². The Hall–Kier alpha value is -2.94. The molecule has 13 nitrogen and oxygen atoms in total. The predicted octanol–water partition coefficient (Wildman–Crippen LogP) is 0.768. The second kappa shape index (κ2) is 11.8. The highest BCUT2D eigenvalue weighted by Crippen LogP contribution is 2.47. The van der Waals surface area contributed by atoms with Crippen LogP contribution in [-0.4, -0.2) is 69.0 Å². The normalized spacial score (nSPS) is 25.6. The molecule has 1 aliphatic heterocycles. The average Bonchev–Trinajstić information content (AvgIpc) is 3.10. The van der Waals surface area contributed by atoms with Gasteiger partial charge < -0.3 is 24.2 Å². The summed E-state index contributed by atoms with van der Waals surface area (Å²) in [6.07, 6.45) is -5.80. The van der Waals surface area contributed by atoms with E-state index in [1.165, 1.54) is 19.1 Å². The molecule has 1 fully saturated rings. The van der Waals surface area contributed by atoms with Gasteiger partial charge in [-0.15, -0.1) is 0 Å². The molecule has 4 N–H and O–H groups in total. The fraction of sp³-hybridized carbons (Fsp3) is 0.500. The number of carbonyl (C=O) groups excluding carboxylic acids is 1. The van der Waals surface area contributed by atoms with E-state index in [-0.39, 0.29) is 5.75 Å². The fourth-order valence-corrected chi connectivity index (χ4v) is 5.05. The van der Waals surface area contributed by atoms with Crippen molar-refractivity contribution < 1.29 is 46.9 Å². The molecule has 1 aromatic heterocycles. The van der Waals surface area contributed by atoms with Gasteiger partial charge in [-0.05, 0) is 32.9 Å². The minimum Gasteiger partial charge on any atom is -0.462 e. The molecule has 0 saturated carbocycles. The van der Waals surface area contributed by atoms with Crippen LogP contribution in [0, 0.1) is 5.82 Å². The summed E-state index contributed by atoms with van der Waals surface area (Å²) >= 11 is 0. The number of nitrogens with one attached hydrogen (secondary N) is 2. The number of para-hydroxylation sites is 1. The van der Waals surface area contributed by atoms with E-state index in [1.54, 1.807) is 37.0 Å². The van der Waals surface area contributed by atoms with Gasteiger partial charge in [0.05, 0.1) is 18.9 Å². The molecule has 0 radical (unpaired) electrons. The van der Waals surface area contributed by atoms with Crippen molar-refractivity contribution in [2.75, 3.05) is 13.3 Å². The van der Waals surface area contributed by atoms with Crippen LogP contribution in [0.1, 0.15) is 27.0 Å². The number of ether oxygens (including phenoxy) is 2. The number of hydrogen-bond donors (Lipinski definition) is 4. The number of carbonyl (C=O) groups is 1. The first-order valence-corrected chi connectivity index (χ1v) is 12.9. The number of esters is 1. The van der Waals surface area contributed by atoms with Gasteiger partial charge in [-0.2, -0.15) is 9.48 Å². The van der Waals surface area contributed by atoms with Crippen LogP contribution in [0.2, 0.25) is 0 Å². The summed E-state index contributed by atoms with van der Waals surface area (Å²) in [5.41, 5.74) is -5.39. The second-order valence-corrected chi connectivity index (χ2v) is 10.5. The third-order valence-electron chi connectivity index (χ3n) is 5.42. The molecule has 1 aromatic carbocycles. The number of halogens is 2. The van der Waals surface area contributed by atoms with Gasteiger partial charge in [-0.1, -0.05) is 18.2 Å². The first kappa shape index (κ1) is 29.6. The predicted molar refractivity (Wildman–Crippen MR) is 127 cm³/mol. The molecule has 0 aliphatic carbocycles. The Morgan fingerprint density at radius 2 is 1.95 bits per heavy atom. The van der Waals surface area contributed by atoms with E-state index in [2.05, 4.69) is 5.09 Å². The molecule has 1 aliphatic rings. The van der Waals surface area contributed by atoms with Gasteiger partial charge in [0, 0.05) is 0 Å². The molecule has 0 amide bonds. The number of rotatable bonds is 11. The lowest BCUT2D eigenvalue weighted by atomic mass is 9.95. The summed E-state index contributed by atoms with van der Waals surface area (Å²) in [5.74, 6) is -2.13. The van der Waals surface area contributed by atoms with Crippen molar-refractivity contribution in [1.29, 1.82) is 0 Å². The van der Waals surface area contributed by atoms with Crippen molar-refractivity contribution in [2.45, 2.75) is 57.0 Å². The number of aliphatic hydroxyl groups excluding tert-OH is 1. The van der Waals surface area contributed by atoms with Crippen molar-refractivity contribution in [3.63, 3.8) is 0 Å². The van der Waals surface area contributed by atoms with Gasteiger partial charge in [-0.3, -0.25) is 23.7 Å². The highest BCUT2D eigenvalue weighted by molar-refractivity contribution is 7.52. The zero-order valence-corrected chi connectivity index (χ0v) is 21.5. The van der Waals surface area contributed by atoms with E-state index in [9.17, 15) is 37.9 Å². The number of aliphatic hydroxyl groups is 2. The number of benzene rings is 1. The lowest BCUT2D eigenvalue weighted by Gasteiger charge is -2.28. The van der Waals surface area contributed by atoms with E-state index >= 15 is 0 Å². The Labute approximate surface area is 214 Å². The van der Waals surface area contributed by atoms with Crippen LogP contribution in [0.15, 0.2) is 46.1 Å². The number of nitrogens with zero attached hydrogens (tertiary/aromatic N) is 1. The third-order valence-corrected chi connectivity index (χ3v) is 7.07. The number of aromatic nitrogens is 2. The average molecular weight is 563 g/mol. The van der Waals surface area contributed by atoms with Crippen LogP contribution in [0.4, 0.5) is 8.78 Å². The summed E-state index contributed by atoms with van der Waals surface area (Å²) < 4.78 is 63.0. The minimum atomic E-state index is -4.43. The zero-order chi connectivity index (χ0) is 28.3. The first-order valence-electron chi connectivity index (χ1n) is 11.4. The Morgan fingerprint density at radius 1 is 1.29 bits per heavy atom. The van der Waals surface area contributed by atoms with Crippen molar-refractivity contribution in [3.05, 3.63) is 63.2 Å². The summed E-state index contributed by atoms with van der Waals surface area (Å²) in [5, 5.41) is 23.8. The number of hydrogen-bond acceptors (Lipinski definition) is 10. The van der Waals surface area contributed by atoms with Crippen LogP contribution in [0.3, 0.4) is 0 Å². The van der Waals surface area contributed by atoms with Crippen LogP contribution in [-0.2, 0) is 23.4 Å². The van der Waals surface area contributed by atoms with Gasteiger partial charge in [0.15, 0.2) is 11.8 Å². The summed E-state index contributed by atoms with van der Waals surface area (Å²) in [7, 11) is -4.43. The SMILES string of the molecule is CC(C)OC(=O)[C@H](C)NP(=O)(OC[C@H]1O[C@@H](n2cc(F)c(=O)[nH]c2=O)[C@@](O)(CF)C1O)Oc1ccccc1. The quantitative estimate of drug-likeness (QED) is 0.224. The molecule has 2 heterocycles. The summed E-state index contributed by atoms with van der Waals surface area (Å²) in [4.78, 5) is 37.4. The lowest BCUT2D eigenvalue weighted by Crippen LogP contribution is -2.51. The molecule has 16 heteroatoms. The molecule has 1 saturated heterocycles. The van der Waals surface area contributed by atoms with E-state index in [1.807, 2.05) is 0 Å². The number of aromatic amines is 1. The van der Waals surface area contributed by atoms with Crippen molar-refractivity contribution in [1.82, 2.24) is 14.6 Å². The van der Waals surface area contributed by atoms with E-state index in [0.717, 1.165) is 0 Å². The van der Waals surface area contributed by atoms with E-state index < -0.39 is 80.2 Å². The van der Waals surface area contributed by atoms with E-state index in [0.29, 0.717) is 10.8 Å². The minimum absolute atomic E-state index is 0.0778. The van der Waals surface area contributed by atoms with Crippen molar-refractivity contribution in [2.24, 2.45) is 0 Å². The molecule has 0 bridgehead atoms. The van der Waals surface area contributed by atoms with Gasteiger partial charge in [-0.25, -0.2) is 13.8 Å². The first-order chi connectivity index (χ1) is 17.8. The third kappa shape index (κ3) is 6.54. The van der Waals surface area contributed by atoms with Gasteiger partial charge in [0.2, 0.25) is 5.82 Å². The van der Waals surface area contributed by atoms with Crippen LogP contribution in [0.25, 0.3) is 0 Å². The van der Waals surface area contributed by atoms with Crippen LogP contribution >= 0.6 is 7.75 Å². The Kier molecular flexibility index (Phi) is 9.23. The largest absolute Gasteiger partial charge is 0.462 e. The monoisotopic (exact) mass is 563 g/mol. The maximum Gasteiger partial charge on any atom is 0.459 e. The van der Waals surface area contributed by atoms with Crippen molar-refractivity contribution in [3.8, 4) is 5.75 Å². The number of H-pyrrole nitrogens is 1. The van der Waals surface area contributed by atoms with Crippen LogP contribution in [0.5, 0.6) is 5.75 Å². The Balaban J connectivity index is 1.85. The lowest BCUT2D eigenvalue weighted by molar-refractivity contribution is -0.149. The molecule has 2 unspecified atom stereocenters. The molecule has 38 heavy (non-hydrogen) atoms. The standard InChI is InChI=1S/C22H28F2N3O10P/c1-12(2)35-19(30)13(3)26-38(33,37-14-7-5-4-6-8-14)34-10-16-17(28)22(32,11-23)20(36-16)27-9-15(24)18(29)25-21(27)31/h4-9,12-13,16-17,20,28,32H,10-11H2,1-3H3,(H,26,33)(H,25,29,31)/t13-,16+,17?,20+,22+,38?/m0/s1. The highest BCUT2D eigenvalue weighted by atomic mass is 31.2. The van der Waals surface area contributed by atoms with Gasteiger partial charge >= 0.3 is 19.4 Å². The van der Waals surface area contributed by atoms with Gasteiger partial charge in [0.25, 0.3) is 5.56 Å². The Morgan fingerprint density at radius 3 is 2.55 bits per heavy atom. The highest BCUT2D eigenvalue weighted by Gasteiger charge is 2.57. The number of alkyl halides is 1. The molecule has 0 spiro atoms. The second-order valence-electron chi connectivity index (χ2n) is 8.77. The molecule has 2 aromatic rings. The summed E-state index contributed by atoms with van der Waals surface area (Å²) in [6.45, 7) is 2.09. The summed E-state index contributed by atoms with van der Waals surface area (Å²) in [6, 6.07) is 6.52. The zero-order valence-electron chi connectivity index (χ0n) is 20.6. The molecular weight excluding hydrogens is 535 g/mol. The topological polar surface area (TPSA) is 178 Å². The van der Waals surface area contributed by atoms with Gasteiger partial charge in [0.1, 0.15) is 30.7 Å². The maximum atomic E-state index is 13.9. The molecule has 3 rings (SSSR count). The maximum absolute atomic E-state index is 13.9. The smallest absolute Gasteiger partial charge is 0.459 e. The fourth-order valence-electron chi connectivity index (χ4n) is 3.55.